The smallest absolute Gasteiger partial charge is 0.248 e. The van der Waals surface area contributed by atoms with Gasteiger partial charge in [0.05, 0.1) is 0 Å². The van der Waals surface area contributed by atoms with Crippen LogP contribution in [0.15, 0.2) is 0 Å². The van der Waals surface area contributed by atoms with Gasteiger partial charge in [-0.25, -0.2) is 5.32 Å². The monoisotopic (exact) mass is 177 g/mol. The number of alkyl halides is 5. The highest BCUT2D eigenvalue weighted by molar-refractivity contribution is 4.74. The zero-order chi connectivity index (χ0) is 9.28. The summed E-state index contributed by atoms with van der Waals surface area (Å²) in [7, 11) is 0. The molecule has 0 bridgehead atoms. The first-order valence-electron chi connectivity index (χ1n) is 2.89. The van der Waals surface area contributed by atoms with Crippen LogP contribution in [-0.2, 0) is 0 Å². The molecule has 1 N–H and O–H groups in total. The molecular formula is C5H8F5N. The molecule has 0 heterocycles. The number of rotatable bonds is 2. The molecule has 0 aromatic carbocycles. The largest absolute Gasteiger partial charge is 0.469 e. The van der Waals surface area contributed by atoms with Crippen LogP contribution in [0.5, 0.6) is 0 Å². The van der Waals surface area contributed by atoms with Gasteiger partial charge in [-0.3, -0.25) is 0 Å². The maximum atomic E-state index is 11.9. The Morgan fingerprint density at radius 1 is 1.00 bits per heavy atom. The van der Waals surface area contributed by atoms with Crippen molar-refractivity contribution in [3.05, 3.63) is 0 Å². The van der Waals surface area contributed by atoms with E-state index in [2.05, 4.69) is 0 Å². The molecule has 0 saturated carbocycles. The van der Waals surface area contributed by atoms with E-state index >= 15 is 0 Å². The van der Waals surface area contributed by atoms with Gasteiger partial charge in [0, 0.05) is 6.04 Å². The average Bonchev–Trinajstić information content (AvgIpc) is 1.56. The molecule has 11 heavy (non-hydrogen) atoms. The van der Waals surface area contributed by atoms with Crippen molar-refractivity contribution in [1.82, 2.24) is 5.32 Å². The van der Waals surface area contributed by atoms with E-state index < -0.39 is 18.3 Å². The number of hydrogen-bond donors (Lipinski definition) is 1. The molecule has 0 rings (SSSR count). The van der Waals surface area contributed by atoms with Gasteiger partial charge < -0.3 is 0 Å². The first-order chi connectivity index (χ1) is 4.67. The van der Waals surface area contributed by atoms with E-state index in [1.54, 1.807) is 0 Å². The minimum absolute atomic E-state index is 0.911. The first kappa shape index (κ1) is 10.6. The van der Waals surface area contributed by atoms with Gasteiger partial charge in [-0.1, -0.05) is 0 Å². The topological polar surface area (TPSA) is 12.0 Å². The Bertz CT molecular complexity index is 127. The molecule has 0 aliphatic heterocycles. The van der Waals surface area contributed by atoms with E-state index in [0.717, 1.165) is 5.32 Å². The van der Waals surface area contributed by atoms with E-state index in [0.29, 0.717) is 0 Å². The standard InChI is InChI=1S/C5H8F5N/c1-3(2)11-5(9,10)4(6,7)8/h3,11H,1-2H3. The van der Waals surface area contributed by atoms with Crippen LogP contribution in [0, 0.1) is 0 Å². The molecule has 0 unspecified atom stereocenters. The molecule has 0 amide bonds. The van der Waals surface area contributed by atoms with Gasteiger partial charge in [-0.15, -0.1) is 0 Å². The number of hydrogen-bond acceptors (Lipinski definition) is 1. The number of halogens is 5. The Morgan fingerprint density at radius 3 is 1.45 bits per heavy atom. The van der Waals surface area contributed by atoms with Crippen molar-refractivity contribution in [2.45, 2.75) is 32.1 Å². The number of nitrogens with one attached hydrogen (secondary N) is 1. The van der Waals surface area contributed by atoms with E-state index in [1.165, 1.54) is 13.8 Å². The third kappa shape index (κ3) is 3.00. The van der Waals surface area contributed by atoms with Gasteiger partial charge in [0.25, 0.3) is 0 Å². The molecule has 0 aliphatic rings. The van der Waals surface area contributed by atoms with Gasteiger partial charge in [0.1, 0.15) is 0 Å². The summed E-state index contributed by atoms with van der Waals surface area (Å²) < 4.78 is 58.0. The normalized spacial score (nSPS) is 14.2. The van der Waals surface area contributed by atoms with Crippen molar-refractivity contribution < 1.29 is 22.0 Å². The summed E-state index contributed by atoms with van der Waals surface area (Å²) in [5.41, 5.74) is 0. The van der Waals surface area contributed by atoms with E-state index in [1.807, 2.05) is 0 Å². The molecule has 0 radical (unpaired) electrons. The first-order valence-corrected chi connectivity index (χ1v) is 2.89. The van der Waals surface area contributed by atoms with Gasteiger partial charge in [0.2, 0.25) is 0 Å². The minimum atomic E-state index is -5.52. The SMILES string of the molecule is CC(C)NC(F)(F)C(F)(F)F. The molecule has 1 nitrogen and oxygen atoms in total. The minimum Gasteiger partial charge on any atom is -0.248 e. The van der Waals surface area contributed by atoms with Crippen LogP contribution < -0.4 is 5.32 Å². The lowest BCUT2D eigenvalue weighted by molar-refractivity contribution is -0.297. The maximum absolute atomic E-state index is 11.9. The highest BCUT2D eigenvalue weighted by atomic mass is 19.4. The van der Waals surface area contributed by atoms with Crippen molar-refractivity contribution in [1.29, 1.82) is 0 Å². The highest BCUT2D eigenvalue weighted by Gasteiger charge is 2.57. The van der Waals surface area contributed by atoms with Crippen LogP contribution in [0.1, 0.15) is 13.8 Å². The molecule has 0 aromatic rings. The van der Waals surface area contributed by atoms with E-state index in [4.69, 9.17) is 0 Å². The van der Waals surface area contributed by atoms with Crippen LogP contribution in [-0.4, -0.2) is 18.3 Å². The predicted octanol–water partition coefficient (Wildman–Crippen LogP) is 2.14. The molecule has 0 aromatic heterocycles. The molecular weight excluding hydrogens is 169 g/mol. The van der Waals surface area contributed by atoms with Gasteiger partial charge in [-0.05, 0) is 13.8 Å². The third-order valence-electron chi connectivity index (χ3n) is 0.826. The summed E-state index contributed by atoms with van der Waals surface area (Å²) in [5.74, 6) is 0. The average molecular weight is 177 g/mol. The van der Waals surface area contributed by atoms with Crippen molar-refractivity contribution in [2.75, 3.05) is 0 Å². The molecule has 0 spiro atoms. The summed E-state index contributed by atoms with van der Waals surface area (Å²) >= 11 is 0. The predicted molar refractivity (Wildman–Crippen MR) is 29.3 cm³/mol. The Morgan fingerprint density at radius 2 is 1.36 bits per heavy atom. The second kappa shape index (κ2) is 2.92. The molecule has 0 aliphatic carbocycles. The Kier molecular flexibility index (Phi) is 2.82. The van der Waals surface area contributed by atoms with Crippen molar-refractivity contribution in [3.63, 3.8) is 0 Å². The van der Waals surface area contributed by atoms with Crippen molar-refractivity contribution in [3.8, 4) is 0 Å². The Labute approximate surface area is 60.6 Å². The Hall–Kier alpha value is -0.390. The van der Waals surface area contributed by atoms with Gasteiger partial charge in [-0.2, -0.15) is 22.0 Å². The van der Waals surface area contributed by atoms with Crippen LogP contribution in [0.2, 0.25) is 0 Å². The second-order valence-corrected chi connectivity index (χ2v) is 2.37. The molecule has 0 saturated heterocycles. The lowest BCUT2D eigenvalue weighted by Crippen LogP contribution is -2.52. The zero-order valence-electron chi connectivity index (χ0n) is 5.97. The molecule has 68 valence electrons. The molecule has 0 fully saturated rings. The van der Waals surface area contributed by atoms with Crippen LogP contribution >= 0.6 is 0 Å². The summed E-state index contributed by atoms with van der Waals surface area (Å²) in [4.78, 5) is 0. The van der Waals surface area contributed by atoms with Crippen molar-refractivity contribution in [2.24, 2.45) is 0 Å². The Balaban J connectivity index is 4.22. The lowest BCUT2D eigenvalue weighted by atomic mass is 10.3. The fraction of sp³-hybridized carbons (Fsp3) is 1.00. The van der Waals surface area contributed by atoms with E-state index in [-0.39, 0.29) is 0 Å². The maximum Gasteiger partial charge on any atom is 0.469 e. The summed E-state index contributed by atoms with van der Waals surface area (Å²) in [6.07, 6.45) is -5.52. The van der Waals surface area contributed by atoms with E-state index in [9.17, 15) is 22.0 Å². The lowest BCUT2D eigenvalue weighted by Gasteiger charge is -2.22. The quantitative estimate of drug-likeness (QED) is 0.503. The van der Waals surface area contributed by atoms with Gasteiger partial charge in [0.15, 0.2) is 0 Å². The van der Waals surface area contributed by atoms with Crippen molar-refractivity contribution >= 4 is 0 Å². The fourth-order valence-corrected chi connectivity index (χ4v) is 0.444. The van der Waals surface area contributed by atoms with Crippen LogP contribution in [0.4, 0.5) is 22.0 Å². The third-order valence-corrected chi connectivity index (χ3v) is 0.826. The summed E-state index contributed by atoms with van der Waals surface area (Å²) in [5, 5.41) is 1.10. The molecule has 6 heteroatoms. The van der Waals surface area contributed by atoms with Gasteiger partial charge >= 0.3 is 12.2 Å². The van der Waals surface area contributed by atoms with Crippen LogP contribution in [0.3, 0.4) is 0 Å². The zero-order valence-corrected chi connectivity index (χ0v) is 5.97. The fourth-order valence-electron chi connectivity index (χ4n) is 0.444. The summed E-state index contributed by atoms with van der Waals surface area (Å²) in [6.45, 7) is 2.42. The second-order valence-electron chi connectivity index (χ2n) is 2.37. The molecule has 0 atom stereocenters. The highest BCUT2D eigenvalue weighted by Crippen LogP contribution is 2.33. The van der Waals surface area contributed by atoms with Crippen LogP contribution in [0.25, 0.3) is 0 Å². The summed E-state index contributed by atoms with van der Waals surface area (Å²) in [6, 6.07) is -5.70.